The number of aryl methyl sites for hydroxylation is 1. The summed E-state index contributed by atoms with van der Waals surface area (Å²) in [6.45, 7) is 2.02. The third-order valence-corrected chi connectivity index (χ3v) is 3.71. The van der Waals surface area contributed by atoms with E-state index in [-0.39, 0.29) is 5.91 Å². The second-order valence-corrected chi connectivity index (χ2v) is 5.27. The Morgan fingerprint density at radius 2 is 2.14 bits per heavy atom. The summed E-state index contributed by atoms with van der Waals surface area (Å²) >= 11 is 0. The molecule has 0 fully saturated rings. The number of amides is 1. The van der Waals surface area contributed by atoms with Crippen molar-refractivity contribution < 1.29 is 4.79 Å². The average molecular weight is 290 g/mol. The Bertz CT molecular complexity index is 963. The SMILES string of the molecule is Cc1cccc2cc(C(=O)Nc3cn4ccccc4n3)[nH]c12. The summed E-state index contributed by atoms with van der Waals surface area (Å²) in [5, 5.41) is 3.85. The monoisotopic (exact) mass is 290 g/mol. The van der Waals surface area contributed by atoms with Crippen molar-refractivity contribution in [2.24, 2.45) is 0 Å². The van der Waals surface area contributed by atoms with Crippen LogP contribution in [0, 0.1) is 6.92 Å². The molecule has 0 saturated heterocycles. The molecule has 5 heteroatoms. The molecule has 22 heavy (non-hydrogen) atoms. The molecule has 0 aliphatic heterocycles. The molecule has 0 spiro atoms. The fourth-order valence-corrected chi connectivity index (χ4v) is 2.61. The highest BCUT2D eigenvalue weighted by Crippen LogP contribution is 2.19. The van der Waals surface area contributed by atoms with E-state index in [1.807, 2.05) is 60.0 Å². The van der Waals surface area contributed by atoms with Crippen molar-refractivity contribution in [2.75, 3.05) is 5.32 Å². The molecule has 5 nitrogen and oxygen atoms in total. The number of nitrogens with zero attached hydrogens (tertiary/aromatic N) is 2. The Kier molecular flexibility index (Phi) is 2.72. The van der Waals surface area contributed by atoms with Crippen LogP contribution in [-0.2, 0) is 0 Å². The second-order valence-electron chi connectivity index (χ2n) is 5.27. The van der Waals surface area contributed by atoms with Gasteiger partial charge in [0.1, 0.15) is 11.3 Å². The molecular weight excluding hydrogens is 276 g/mol. The van der Waals surface area contributed by atoms with Gasteiger partial charge in [-0.05, 0) is 30.7 Å². The van der Waals surface area contributed by atoms with Gasteiger partial charge in [-0.1, -0.05) is 24.3 Å². The molecule has 0 atom stereocenters. The number of aromatic nitrogens is 3. The van der Waals surface area contributed by atoms with E-state index in [2.05, 4.69) is 15.3 Å². The van der Waals surface area contributed by atoms with Crippen molar-refractivity contribution in [3.63, 3.8) is 0 Å². The molecule has 1 aromatic carbocycles. The van der Waals surface area contributed by atoms with E-state index < -0.39 is 0 Å². The molecule has 0 bridgehead atoms. The van der Waals surface area contributed by atoms with Gasteiger partial charge in [0, 0.05) is 17.1 Å². The van der Waals surface area contributed by atoms with Gasteiger partial charge in [-0.15, -0.1) is 0 Å². The number of rotatable bonds is 2. The van der Waals surface area contributed by atoms with Gasteiger partial charge in [0.05, 0.1) is 6.20 Å². The third kappa shape index (κ3) is 2.03. The van der Waals surface area contributed by atoms with Gasteiger partial charge in [0.15, 0.2) is 5.82 Å². The van der Waals surface area contributed by atoms with Gasteiger partial charge in [-0.25, -0.2) is 4.98 Å². The lowest BCUT2D eigenvalue weighted by atomic mass is 10.2. The Morgan fingerprint density at radius 3 is 2.95 bits per heavy atom. The van der Waals surface area contributed by atoms with Gasteiger partial charge in [-0.2, -0.15) is 0 Å². The minimum absolute atomic E-state index is 0.195. The molecule has 108 valence electrons. The van der Waals surface area contributed by atoms with E-state index in [1.54, 1.807) is 6.20 Å². The van der Waals surface area contributed by atoms with Crippen LogP contribution in [0.15, 0.2) is 54.9 Å². The molecule has 2 N–H and O–H groups in total. The van der Waals surface area contributed by atoms with Gasteiger partial charge in [0.25, 0.3) is 5.91 Å². The molecule has 1 amide bonds. The fraction of sp³-hybridized carbons (Fsp3) is 0.0588. The fourth-order valence-electron chi connectivity index (χ4n) is 2.61. The average Bonchev–Trinajstić information content (AvgIpc) is 3.10. The van der Waals surface area contributed by atoms with E-state index in [4.69, 9.17) is 0 Å². The summed E-state index contributed by atoms with van der Waals surface area (Å²) < 4.78 is 1.87. The lowest BCUT2D eigenvalue weighted by Gasteiger charge is -1.98. The molecule has 3 aromatic heterocycles. The summed E-state index contributed by atoms with van der Waals surface area (Å²) in [7, 11) is 0. The van der Waals surface area contributed by atoms with E-state index in [9.17, 15) is 4.79 Å². The minimum Gasteiger partial charge on any atom is -0.350 e. The van der Waals surface area contributed by atoms with Crippen molar-refractivity contribution in [1.29, 1.82) is 0 Å². The van der Waals surface area contributed by atoms with Gasteiger partial charge in [0.2, 0.25) is 0 Å². The quantitative estimate of drug-likeness (QED) is 0.594. The highest BCUT2D eigenvalue weighted by atomic mass is 16.1. The number of para-hydroxylation sites is 1. The molecule has 0 unspecified atom stereocenters. The van der Waals surface area contributed by atoms with Crippen LogP contribution in [0.4, 0.5) is 5.82 Å². The Balaban J connectivity index is 1.66. The maximum Gasteiger partial charge on any atom is 0.273 e. The van der Waals surface area contributed by atoms with E-state index >= 15 is 0 Å². The highest BCUT2D eigenvalue weighted by Gasteiger charge is 2.12. The summed E-state index contributed by atoms with van der Waals surface area (Å²) in [6, 6.07) is 13.6. The third-order valence-electron chi connectivity index (χ3n) is 3.71. The Hall–Kier alpha value is -3.08. The zero-order valence-corrected chi connectivity index (χ0v) is 12.0. The molecule has 0 aliphatic carbocycles. The lowest BCUT2D eigenvalue weighted by Crippen LogP contribution is -2.12. The lowest BCUT2D eigenvalue weighted by molar-refractivity contribution is 0.102. The molecule has 3 heterocycles. The van der Waals surface area contributed by atoms with Crippen LogP contribution in [0.2, 0.25) is 0 Å². The predicted molar refractivity (Wildman–Crippen MR) is 86.2 cm³/mol. The maximum atomic E-state index is 12.4. The standard InChI is InChI=1S/C17H14N4O/c1-11-5-4-6-12-9-13(18-16(11)12)17(22)20-14-10-21-8-3-2-7-15(21)19-14/h2-10,18H,1H3,(H,20,22). The van der Waals surface area contributed by atoms with Gasteiger partial charge >= 0.3 is 0 Å². The number of imidazole rings is 1. The van der Waals surface area contributed by atoms with Crippen molar-refractivity contribution in [2.45, 2.75) is 6.92 Å². The summed E-state index contributed by atoms with van der Waals surface area (Å²) in [4.78, 5) is 19.9. The van der Waals surface area contributed by atoms with Crippen molar-refractivity contribution in [3.05, 3.63) is 66.1 Å². The number of carbonyl (C=O) groups excluding carboxylic acids is 1. The molecular formula is C17H14N4O. The van der Waals surface area contributed by atoms with Gasteiger partial charge < -0.3 is 14.7 Å². The van der Waals surface area contributed by atoms with Crippen molar-refractivity contribution in [1.82, 2.24) is 14.4 Å². The number of hydrogen-bond acceptors (Lipinski definition) is 2. The van der Waals surface area contributed by atoms with Crippen LogP contribution < -0.4 is 5.32 Å². The number of pyridine rings is 1. The second kappa shape index (κ2) is 4.73. The number of anilines is 1. The zero-order valence-electron chi connectivity index (χ0n) is 12.0. The maximum absolute atomic E-state index is 12.4. The van der Waals surface area contributed by atoms with Crippen LogP contribution in [0.25, 0.3) is 16.6 Å². The van der Waals surface area contributed by atoms with Crippen molar-refractivity contribution >= 4 is 28.3 Å². The van der Waals surface area contributed by atoms with Crippen LogP contribution in [0.5, 0.6) is 0 Å². The number of nitrogens with one attached hydrogen (secondary N) is 2. The molecule has 0 aliphatic rings. The van der Waals surface area contributed by atoms with Crippen LogP contribution in [0.1, 0.15) is 16.1 Å². The van der Waals surface area contributed by atoms with E-state index in [0.29, 0.717) is 11.5 Å². The Morgan fingerprint density at radius 1 is 1.23 bits per heavy atom. The van der Waals surface area contributed by atoms with Crippen LogP contribution in [0.3, 0.4) is 0 Å². The normalized spacial score (nSPS) is 11.1. The zero-order chi connectivity index (χ0) is 15.1. The van der Waals surface area contributed by atoms with E-state index in [0.717, 1.165) is 22.1 Å². The first-order valence-electron chi connectivity index (χ1n) is 7.04. The predicted octanol–water partition coefficient (Wildman–Crippen LogP) is 3.38. The first-order valence-corrected chi connectivity index (χ1v) is 7.04. The smallest absolute Gasteiger partial charge is 0.273 e. The summed E-state index contributed by atoms with van der Waals surface area (Å²) in [6.07, 6.45) is 3.69. The van der Waals surface area contributed by atoms with Gasteiger partial charge in [-0.3, -0.25) is 4.79 Å². The number of carbonyl (C=O) groups is 1. The number of benzene rings is 1. The summed E-state index contributed by atoms with van der Waals surface area (Å²) in [5.41, 5.74) is 3.43. The number of hydrogen-bond donors (Lipinski definition) is 2. The summed E-state index contributed by atoms with van der Waals surface area (Å²) in [5.74, 6) is 0.339. The minimum atomic E-state index is -0.195. The van der Waals surface area contributed by atoms with Crippen molar-refractivity contribution in [3.8, 4) is 0 Å². The van der Waals surface area contributed by atoms with Crippen LogP contribution in [-0.4, -0.2) is 20.3 Å². The first-order chi connectivity index (χ1) is 10.7. The van der Waals surface area contributed by atoms with Crippen LogP contribution >= 0.6 is 0 Å². The topological polar surface area (TPSA) is 62.2 Å². The number of aromatic amines is 1. The number of fused-ring (bicyclic) bond motifs is 2. The molecule has 4 rings (SSSR count). The largest absolute Gasteiger partial charge is 0.350 e. The highest BCUT2D eigenvalue weighted by molar-refractivity contribution is 6.05. The molecule has 0 radical (unpaired) electrons. The number of H-pyrrole nitrogens is 1. The first kappa shape index (κ1) is 12.6. The Labute approximate surface area is 126 Å². The molecule has 0 saturated carbocycles. The van der Waals surface area contributed by atoms with E-state index in [1.165, 1.54) is 0 Å². The molecule has 4 aromatic rings.